The summed E-state index contributed by atoms with van der Waals surface area (Å²) < 4.78 is 37.0. The normalized spacial score (nSPS) is 14.2. The number of anilines is 1. The monoisotopic (exact) mass is 523 g/mol. The molecule has 2 unspecified atom stereocenters. The van der Waals surface area contributed by atoms with Crippen LogP contribution in [0.4, 0.5) is 5.69 Å². The number of hydrogen-bond donors (Lipinski definition) is 1. The van der Waals surface area contributed by atoms with Gasteiger partial charge in [-0.1, -0.05) is 36.7 Å². The smallest absolute Gasteiger partial charge is 0.244 e. The number of sulfonamides is 1. The molecule has 190 valence electrons. The molecule has 1 N–H and O–H groups in total. The van der Waals surface area contributed by atoms with Crippen molar-refractivity contribution in [2.24, 2.45) is 0 Å². The molecular weight excluding hydrogens is 494 g/mol. The molecule has 1 aliphatic heterocycles. The van der Waals surface area contributed by atoms with E-state index in [1.807, 2.05) is 13.8 Å². The highest BCUT2D eigenvalue weighted by atomic mass is 35.5. The van der Waals surface area contributed by atoms with E-state index in [-0.39, 0.29) is 31.0 Å². The number of benzene rings is 2. The van der Waals surface area contributed by atoms with Crippen LogP contribution in [0.1, 0.15) is 32.8 Å². The molecular formula is C24H30ClN3O6S. The zero-order valence-corrected chi connectivity index (χ0v) is 21.7. The van der Waals surface area contributed by atoms with Crippen molar-refractivity contribution >= 4 is 39.1 Å². The number of ether oxygens (including phenoxy) is 2. The summed E-state index contributed by atoms with van der Waals surface area (Å²) in [5.74, 6) is -0.0180. The molecule has 0 saturated heterocycles. The molecule has 0 radical (unpaired) electrons. The summed E-state index contributed by atoms with van der Waals surface area (Å²) in [6.45, 7) is 4.98. The third-order valence-electron chi connectivity index (χ3n) is 5.79. The number of halogens is 1. The van der Waals surface area contributed by atoms with E-state index in [0.717, 1.165) is 17.0 Å². The first kappa shape index (κ1) is 26.6. The van der Waals surface area contributed by atoms with Crippen molar-refractivity contribution in [3.8, 4) is 11.5 Å². The van der Waals surface area contributed by atoms with E-state index in [2.05, 4.69) is 5.32 Å². The maximum absolute atomic E-state index is 13.6. The lowest BCUT2D eigenvalue weighted by atomic mass is 10.1. The minimum atomic E-state index is -3.85. The van der Waals surface area contributed by atoms with Crippen molar-refractivity contribution in [1.29, 1.82) is 0 Å². The Morgan fingerprint density at radius 1 is 1.11 bits per heavy atom. The summed E-state index contributed by atoms with van der Waals surface area (Å²) in [5.41, 5.74) is 0.888. The number of nitrogens with one attached hydrogen (secondary N) is 1. The first-order chi connectivity index (χ1) is 16.5. The number of carbonyl (C=O) groups is 2. The molecule has 1 heterocycles. The van der Waals surface area contributed by atoms with E-state index >= 15 is 0 Å². The highest BCUT2D eigenvalue weighted by Crippen LogP contribution is 2.36. The van der Waals surface area contributed by atoms with Crippen LogP contribution in [0.2, 0.25) is 5.02 Å². The highest BCUT2D eigenvalue weighted by Gasteiger charge is 2.31. The molecule has 1 aliphatic rings. The lowest BCUT2D eigenvalue weighted by molar-refractivity contribution is -0.139. The molecule has 2 aromatic rings. The lowest BCUT2D eigenvalue weighted by Gasteiger charge is -2.32. The van der Waals surface area contributed by atoms with Crippen molar-refractivity contribution in [2.75, 3.05) is 23.9 Å². The SMILES string of the molecule is CCC(C)NC(=O)C(C)N(Cc1ccccc1Cl)C(=O)CN(c1ccc2c(c1)OCO2)S(C)(=O)=O. The van der Waals surface area contributed by atoms with Gasteiger partial charge in [-0.3, -0.25) is 13.9 Å². The van der Waals surface area contributed by atoms with Gasteiger partial charge in [0.25, 0.3) is 0 Å². The van der Waals surface area contributed by atoms with E-state index in [9.17, 15) is 18.0 Å². The predicted molar refractivity (Wildman–Crippen MR) is 134 cm³/mol. The topological polar surface area (TPSA) is 105 Å². The van der Waals surface area contributed by atoms with Gasteiger partial charge in [-0.25, -0.2) is 8.42 Å². The van der Waals surface area contributed by atoms with Gasteiger partial charge < -0.3 is 19.7 Å². The van der Waals surface area contributed by atoms with Crippen LogP contribution in [-0.4, -0.2) is 56.8 Å². The summed E-state index contributed by atoms with van der Waals surface area (Å²) in [7, 11) is -3.85. The van der Waals surface area contributed by atoms with Gasteiger partial charge in [-0.2, -0.15) is 0 Å². The van der Waals surface area contributed by atoms with E-state index in [0.29, 0.717) is 22.1 Å². The third kappa shape index (κ3) is 6.58. The second kappa shape index (κ2) is 11.2. The Balaban J connectivity index is 1.92. The molecule has 0 bridgehead atoms. The van der Waals surface area contributed by atoms with Crippen molar-refractivity contribution in [1.82, 2.24) is 10.2 Å². The Hall–Kier alpha value is -2.98. The van der Waals surface area contributed by atoms with Crippen LogP contribution in [0.15, 0.2) is 42.5 Å². The van der Waals surface area contributed by atoms with E-state index < -0.39 is 28.5 Å². The molecule has 2 aromatic carbocycles. The first-order valence-electron chi connectivity index (χ1n) is 11.2. The Morgan fingerprint density at radius 3 is 2.46 bits per heavy atom. The maximum atomic E-state index is 13.6. The molecule has 0 fully saturated rings. The van der Waals surface area contributed by atoms with E-state index in [1.165, 1.54) is 11.0 Å². The average molecular weight is 524 g/mol. The Bertz CT molecular complexity index is 1190. The maximum Gasteiger partial charge on any atom is 0.244 e. The minimum absolute atomic E-state index is 0.0328. The van der Waals surface area contributed by atoms with E-state index in [1.54, 1.807) is 43.3 Å². The van der Waals surface area contributed by atoms with Crippen LogP contribution in [0.3, 0.4) is 0 Å². The number of carbonyl (C=O) groups excluding carboxylic acids is 2. The van der Waals surface area contributed by atoms with E-state index in [4.69, 9.17) is 21.1 Å². The predicted octanol–water partition coefficient (Wildman–Crippen LogP) is 3.17. The molecule has 9 nitrogen and oxygen atoms in total. The van der Waals surface area contributed by atoms with Crippen LogP contribution in [0.25, 0.3) is 0 Å². The van der Waals surface area contributed by atoms with Crippen molar-refractivity contribution in [3.05, 3.63) is 53.1 Å². The Kier molecular flexibility index (Phi) is 8.50. The van der Waals surface area contributed by atoms with Crippen molar-refractivity contribution in [2.45, 2.75) is 45.8 Å². The fraction of sp³-hybridized carbons (Fsp3) is 0.417. The second-order valence-electron chi connectivity index (χ2n) is 8.41. The van der Waals surface area contributed by atoms with Gasteiger partial charge in [0, 0.05) is 23.7 Å². The molecule has 0 saturated carbocycles. The molecule has 11 heteroatoms. The summed E-state index contributed by atoms with van der Waals surface area (Å²) in [4.78, 5) is 27.8. The Morgan fingerprint density at radius 2 is 1.80 bits per heavy atom. The largest absolute Gasteiger partial charge is 0.454 e. The zero-order chi connectivity index (χ0) is 25.8. The quantitative estimate of drug-likeness (QED) is 0.513. The van der Waals surface area contributed by atoms with Gasteiger partial charge in [0.15, 0.2) is 11.5 Å². The summed E-state index contributed by atoms with van der Waals surface area (Å²) >= 11 is 6.32. The Labute approximate surface area is 211 Å². The number of rotatable bonds is 10. The van der Waals surface area contributed by atoms with Gasteiger partial charge >= 0.3 is 0 Å². The summed E-state index contributed by atoms with van der Waals surface area (Å²) in [6, 6.07) is 10.7. The number of fused-ring (bicyclic) bond motifs is 1. The standard InChI is InChI=1S/C24H30ClN3O6S/c1-5-16(2)26-24(30)17(3)27(13-18-8-6-7-9-20(18)25)23(29)14-28(35(4,31)32)19-10-11-21-22(12-19)34-15-33-21/h6-12,16-17H,5,13-15H2,1-4H3,(H,26,30). The average Bonchev–Trinajstić information content (AvgIpc) is 3.28. The van der Waals surface area contributed by atoms with Gasteiger partial charge in [-0.15, -0.1) is 0 Å². The van der Waals surface area contributed by atoms with Crippen LogP contribution in [0, 0.1) is 0 Å². The summed E-state index contributed by atoms with van der Waals surface area (Å²) in [5, 5.41) is 3.32. The molecule has 3 rings (SSSR count). The molecule has 2 amide bonds. The van der Waals surface area contributed by atoms with Crippen molar-refractivity contribution < 1.29 is 27.5 Å². The van der Waals surface area contributed by atoms with Crippen LogP contribution in [-0.2, 0) is 26.2 Å². The molecule has 35 heavy (non-hydrogen) atoms. The van der Waals surface area contributed by atoms with Crippen LogP contribution in [0.5, 0.6) is 11.5 Å². The van der Waals surface area contributed by atoms with Gasteiger partial charge in [-0.05, 0) is 44.0 Å². The fourth-order valence-corrected chi connectivity index (χ4v) is 4.55. The fourth-order valence-electron chi connectivity index (χ4n) is 3.51. The molecule has 0 aliphatic carbocycles. The number of nitrogens with zero attached hydrogens (tertiary/aromatic N) is 2. The molecule has 0 aromatic heterocycles. The van der Waals surface area contributed by atoms with Gasteiger partial charge in [0.2, 0.25) is 28.6 Å². The third-order valence-corrected chi connectivity index (χ3v) is 7.30. The highest BCUT2D eigenvalue weighted by molar-refractivity contribution is 7.92. The first-order valence-corrected chi connectivity index (χ1v) is 13.4. The van der Waals surface area contributed by atoms with Crippen LogP contribution >= 0.6 is 11.6 Å². The van der Waals surface area contributed by atoms with Crippen molar-refractivity contribution in [3.63, 3.8) is 0 Å². The van der Waals surface area contributed by atoms with Crippen LogP contribution < -0.4 is 19.1 Å². The minimum Gasteiger partial charge on any atom is -0.454 e. The number of amides is 2. The zero-order valence-electron chi connectivity index (χ0n) is 20.2. The summed E-state index contributed by atoms with van der Waals surface area (Å²) in [6.07, 6.45) is 1.74. The van der Waals surface area contributed by atoms with Gasteiger partial charge in [0.05, 0.1) is 11.9 Å². The number of hydrogen-bond acceptors (Lipinski definition) is 6. The lowest BCUT2D eigenvalue weighted by Crippen LogP contribution is -2.52. The van der Waals surface area contributed by atoms with Gasteiger partial charge in [0.1, 0.15) is 12.6 Å². The molecule has 0 spiro atoms. The molecule has 2 atom stereocenters. The second-order valence-corrected chi connectivity index (χ2v) is 10.7.